The van der Waals surface area contributed by atoms with Gasteiger partial charge < -0.3 is 14.8 Å². The van der Waals surface area contributed by atoms with Crippen LogP contribution in [0.25, 0.3) is 0 Å². The molecule has 0 aromatic heterocycles. The highest BCUT2D eigenvalue weighted by Gasteiger charge is 2.26. The molecule has 0 saturated carbocycles. The molecule has 2 aromatic rings. The first-order valence-electron chi connectivity index (χ1n) is 9.04. The lowest BCUT2D eigenvalue weighted by Gasteiger charge is -2.28. The Morgan fingerprint density at radius 2 is 1.69 bits per heavy atom. The number of nitrogens with one attached hydrogen (secondary N) is 1. The van der Waals surface area contributed by atoms with Crippen LogP contribution in [0.3, 0.4) is 0 Å². The maximum atomic E-state index is 12.6. The van der Waals surface area contributed by atoms with Crippen molar-refractivity contribution in [3.63, 3.8) is 0 Å². The first kappa shape index (κ1) is 20.7. The van der Waals surface area contributed by atoms with E-state index in [1.54, 1.807) is 30.3 Å². The molecule has 8 nitrogen and oxygen atoms in total. The van der Waals surface area contributed by atoms with Crippen LogP contribution in [0.2, 0.25) is 0 Å². The smallest absolute Gasteiger partial charge is 0.337 e. The number of carbonyl (C=O) groups excluding carboxylic acids is 2. The van der Waals surface area contributed by atoms with E-state index in [9.17, 15) is 18.0 Å². The van der Waals surface area contributed by atoms with Crippen LogP contribution in [0, 0.1) is 0 Å². The lowest BCUT2D eigenvalue weighted by atomic mass is 10.1. The third-order valence-corrected chi connectivity index (χ3v) is 6.51. The van der Waals surface area contributed by atoms with Crippen LogP contribution in [-0.2, 0) is 14.8 Å². The predicted molar refractivity (Wildman–Crippen MR) is 109 cm³/mol. The Labute approximate surface area is 169 Å². The number of sulfonamides is 1. The molecule has 3 rings (SSSR count). The highest BCUT2D eigenvalue weighted by molar-refractivity contribution is 7.92. The molecule has 0 bridgehead atoms. The van der Waals surface area contributed by atoms with E-state index in [1.165, 1.54) is 30.7 Å². The van der Waals surface area contributed by atoms with E-state index >= 15 is 0 Å². The molecule has 1 amide bonds. The Hall–Kier alpha value is -3.07. The fourth-order valence-electron chi connectivity index (χ4n) is 3.10. The van der Waals surface area contributed by atoms with Crippen molar-refractivity contribution >= 4 is 33.3 Å². The minimum absolute atomic E-state index is 0.131. The summed E-state index contributed by atoms with van der Waals surface area (Å²) in [6.07, 6.45) is 1.46. The first-order valence-corrected chi connectivity index (χ1v) is 10.6. The number of anilines is 2. The van der Waals surface area contributed by atoms with Gasteiger partial charge in [-0.05, 0) is 55.3 Å². The van der Waals surface area contributed by atoms with E-state index in [-0.39, 0.29) is 11.3 Å². The SMILES string of the molecule is COC(=O)c1ccc(OC)c(NC(=O)c2ccc(N3CCCCS3(=O)=O)cc2)c1. The van der Waals surface area contributed by atoms with Crippen LogP contribution in [0.5, 0.6) is 5.75 Å². The van der Waals surface area contributed by atoms with Crippen molar-refractivity contribution in [3.8, 4) is 5.75 Å². The van der Waals surface area contributed by atoms with Crippen molar-refractivity contribution in [2.45, 2.75) is 12.8 Å². The number of methoxy groups -OCH3 is 2. The Morgan fingerprint density at radius 3 is 2.31 bits per heavy atom. The molecule has 0 aliphatic carbocycles. The number of ether oxygens (including phenoxy) is 2. The number of benzene rings is 2. The lowest BCUT2D eigenvalue weighted by Crippen LogP contribution is -2.37. The summed E-state index contributed by atoms with van der Waals surface area (Å²) in [5.41, 5.74) is 1.47. The van der Waals surface area contributed by atoms with Gasteiger partial charge in [-0.3, -0.25) is 9.10 Å². The molecule has 29 heavy (non-hydrogen) atoms. The number of hydrogen-bond donors (Lipinski definition) is 1. The second-order valence-electron chi connectivity index (χ2n) is 6.50. The molecule has 1 aliphatic rings. The van der Waals surface area contributed by atoms with E-state index in [0.29, 0.717) is 35.7 Å². The zero-order chi connectivity index (χ0) is 21.0. The maximum Gasteiger partial charge on any atom is 0.337 e. The molecule has 1 fully saturated rings. The molecule has 9 heteroatoms. The molecule has 1 aliphatic heterocycles. The van der Waals surface area contributed by atoms with Crippen LogP contribution < -0.4 is 14.4 Å². The molecular formula is C20H22N2O6S. The van der Waals surface area contributed by atoms with Gasteiger partial charge in [-0.1, -0.05) is 0 Å². The van der Waals surface area contributed by atoms with Crippen molar-refractivity contribution < 1.29 is 27.5 Å². The molecule has 1 N–H and O–H groups in total. The average molecular weight is 418 g/mol. The third kappa shape index (κ3) is 4.51. The van der Waals surface area contributed by atoms with Gasteiger partial charge in [-0.15, -0.1) is 0 Å². The van der Waals surface area contributed by atoms with Gasteiger partial charge in [-0.25, -0.2) is 13.2 Å². The van der Waals surface area contributed by atoms with Gasteiger partial charge in [0.1, 0.15) is 5.75 Å². The zero-order valence-corrected chi connectivity index (χ0v) is 17.0. The van der Waals surface area contributed by atoms with Crippen LogP contribution in [0.4, 0.5) is 11.4 Å². The van der Waals surface area contributed by atoms with Gasteiger partial charge in [0.05, 0.1) is 36.9 Å². The van der Waals surface area contributed by atoms with Crippen LogP contribution in [0.15, 0.2) is 42.5 Å². The van der Waals surface area contributed by atoms with Gasteiger partial charge >= 0.3 is 5.97 Å². The molecule has 154 valence electrons. The van der Waals surface area contributed by atoms with E-state index < -0.39 is 21.9 Å². The Balaban J connectivity index is 1.80. The quantitative estimate of drug-likeness (QED) is 0.749. The Kier molecular flexibility index (Phi) is 6.07. The molecule has 0 unspecified atom stereocenters. The number of hydrogen-bond acceptors (Lipinski definition) is 6. The molecule has 1 heterocycles. The predicted octanol–water partition coefficient (Wildman–Crippen LogP) is 2.66. The number of nitrogens with zero attached hydrogens (tertiary/aromatic N) is 1. The van der Waals surface area contributed by atoms with Gasteiger partial charge in [0.2, 0.25) is 10.0 Å². The van der Waals surface area contributed by atoms with Crippen LogP contribution >= 0.6 is 0 Å². The molecule has 1 saturated heterocycles. The summed E-state index contributed by atoms with van der Waals surface area (Å²) in [4.78, 5) is 24.4. The fourth-order valence-corrected chi connectivity index (χ4v) is 4.74. The van der Waals surface area contributed by atoms with E-state index in [0.717, 1.165) is 6.42 Å². The second kappa shape index (κ2) is 8.52. The summed E-state index contributed by atoms with van der Waals surface area (Å²) in [6.45, 7) is 0.436. The first-order chi connectivity index (χ1) is 13.9. The summed E-state index contributed by atoms with van der Waals surface area (Å²) < 4.78 is 35.7. The lowest BCUT2D eigenvalue weighted by molar-refractivity contribution is 0.0600. The Morgan fingerprint density at radius 1 is 1.00 bits per heavy atom. The molecule has 0 radical (unpaired) electrons. The number of esters is 1. The van der Waals surface area contributed by atoms with Crippen molar-refractivity contribution in [1.29, 1.82) is 0 Å². The number of rotatable bonds is 5. The van der Waals surface area contributed by atoms with Crippen molar-refractivity contribution in [2.24, 2.45) is 0 Å². The Bertz CT molecular complexity index is 1020. The van der Waals surface area contributed by atoms with Gasteiger partial charge in [-0.2, -0.15) is 0 Å². The minimum Gasteiger partial charge on any atom is -0.495 e. The normalized spacial score (nSPS) is 15.4. The summed E-state index contributed by atoms with van der Waals surface area (Å²) in [5, 5.41) is 2.71. The average Bonchev–Trinajstić information content (AvgIpc) is 2.73. The van der Waals surface area contributed by atoms with Gasteiger partial charge in [0, 0.05) is 12.1 Å². The highest BCUT2D eigenvalue weighted by atomic mass is 32.2. The van der Waals surface area contributed by atoms with E-state index in [1.807, 2.05) is 0 Å². The summed E-state index contributed by atoms with van der Waals surface area (Å²) in [7, 11) is -0.583. The molecule has 0 atom stereocenters. The molecule has 0 spiro atoms. The van der Waals surface area contributed by atoms with Crippen molar-refractivity contribution in [2.75, 3.05) is 36.1 Å². The largest absolute Gasteiger partial charge is 0.495 e. The van der Waals surface area contributed by atoms with Crippen molar-refractivity contribution in [1.82, 2.24) is 0 Å². The van der Waals surface area contributed by atoms with Gasteiger partial charge in [0.15, 0.2) is 0 Å². The van der Waals surface area contributed by atoms with E-state index in [4.69, 9.17) is 9.47 Å². The second-order valence-corrected chi connectivity index (χ2v) is 8.52. The van der Waals surface area contributed by atoms with Crippen LogP contribution in [0.1, 0.15) is 33.6 Å². The monoisotopic (exact) mass is 418 g/mol. The van der Waals surface area contributed by atoms with E-state index in [2.05, 4.69) is 5.32 Å². The topological polar surface area (TPSA) is 102 Å². The van der Waals surface area contributed by atoms with Crippen LogP contribution in [-0.4, -0.2) is 46.8 Å². The van der Waals surface area contributed by atoms with Gasteiger partial charge in [0.25, 0.3) is 5.91 Å². The van der Waals surface area contributed by atoms with Crippen molar-refractivity contribution in [3.05, 3.63) is 53.6 Å². The summed E-state index contributed by atoms with van der Waals surface area (Å²) in [6, 6.07) is 10.9. The standard InChI is InChI=1S/C20H22N2O6S/c1-27-18-10-7-15(20(24)28-2)13-17(18)21-19(23)14-5-8-16(9-6-14)22-11-3-4-12-29(22,25)26/h5-10,13H,3-4,11-12H2,1-2H3,(H,21,23). The number of carbonyl (C=O) groups is 2. The third-order valence-electron chi connectivity index (χ3n) is 4.64. The zero-order valence-electron chi connectivity index (χ0n) is 16.2. The maximum absolute atomic E-state index is 12.6. The molecule has 2 aromatic carbocycles. The number of amides is 1. The minimum atomic E-state index is -3.31. The highest BCUT2D eigenvalue weighted by Crippen LogP contribution is 2.27. The summed E-state index contributed by atoms with van der Waals surface area (Å²) >= 11 is 0. The molecular weight excluding hydrogens is 396 g/mol. The summed E-state index contributed by atoms with van der Waals surface area (Å²) in [5.74, 6) is -0.429. The fraction of sp³-hybridized carbons (Fsp3) is 0.300.